The number of likely N-dealkylation sites (tertiary alicyclic amines) is 1. The van der Waals surface area contributed by atoms with Gasteiger partial charge in [-0.05, 0) is 37.5 Å². The first-order valence-corrected chi connectivity index (χ1v) is 14.6. The summed E-state index contributed by atoms with van der Waals surface area (Å²) in [5.41, 5.74) is -1.66. The number of benzene rings is 1. The van der Waals surface area contributed by atoms with Gasteiger partial charge in [-0.2, -0.15) is 13.2 Å². The average Bonchev–Trinajstić information content (AvgIpc) is 2.90. The number of hydrogen-bond donors (Lipinski definition) is 0. The summed E-state index contributed by atoms with van der Waals surface area (Å²) in [6.07, 6.45) is 13.6. The predicted molar refractivity (Wildman–Crippen MR) is 141 cm³/mol. The second-order valence-corrected chi connectivity index (χ2v) is 10.5. The van der Waals surface area contributed by atoms with Gasteiger partial charge >= 0.3 is 12.1 Å². The Morgan fingerprint density at radius 3 is 1.84 bits per heavy atom. The maximum absolute atomic E-state index is 14.1. The van der Waals surface area contributed by atoms with Crippen molar-refractivity contribution >= 4 is 11.9 Å². The Labute approximate surface area is 225 Å². The van der Waals surface area contributed by atoms with Gasteiger partial charge in [0.2, 0.25) is 0 Å². The normalized spacial score (nSPS) is 14.6. The van der Waals surface area contributed by atoms with Crippen molar-refractivity contribution < 1.29 is 31.9 Å². The van der Waals surface area contributed by atoms with E-state index in [-0.39, 0.29) is 25.0 Å². The quantitative estimate of drug-likeness (QED) is 0.112. The number of halogens is 4. The lowest BCUT2D eigenvalue weighted by atomic mass is 9.96. The number of carbonyl (C=O) groups excluding carboxylic acids is 2. The molecule has 2 rings (SSSR count). The van der Waals surface area contributed by atoms with Crippen molar-refractivity contribution in [1.82, 2.24) is 4.90 Å². The molecule has 0 atom stereocenters. The van der Waals surface area contributed by atoms with E-state index >= 15 is 0 Å². The molecular weight excluding hydrogens is 498 g/mol. The van der Waals surface area contributed by atoms with E-state index in [2.05, 4.69) is 6.92 Å². The summed E-state index contributed by atoms with van der Waals surface area (Å²) >= 11 is 0. The molecule has 0 radical (unpaired) electrons. The fraction of sp³-hybridized carbons (Fsp3) is 0.733. The van der Waals surface area contributed by atoms with Crippen LogP contribution >= 0.6 is 0 Å². The molecule has 1 aliphatic heterocycles. The van der Waals surface area contributed by atoms with Gasteiger partial charge in [-0.25, -0.2) is 4.39 Å². The van der Waals surface area contributed by atoms with E-state index in [1.54, 1.807) is 0 Å². The summed E-state index contributed by atoms with van der Waals surface area (Å²) in [5, 5.41) is 0. The van der Waals surface area contributed by atoms with E-state index in [0.29, 0.717) is 37.6 Å². The first kappa shape index (κ1) is 32.1. The van der Waals surface area contributed by atoms with Crippen LogP contribution in [0.5, 0.6) is 0 Å². The minimum Gasteiger partial charge on any atom is -0.465 e. The van der Waals surface area contributed by atoms with Crippen LogP contribution in [0, 0.1) is 11.7 Å². The SMILES string of the molecule is CCCCCCCCCCCCCCCCOC(=O)C1CCN(C(=O)c2cc(C(F)(F)F)ccc2F)CC1. The number of alkyl halides is 3. The van der Waals surface area contributed by atoms with Gasteiger partial charge in [-0.3, -0.25) is 9.59 Å². The first-order valence-electron chi connectivity index (χ1n) is 14.6. The van der Waals surface area contributed by atoms with Crippen LogP contribution in [-0.4, -0.2) is 36.5 Å². The van der Waals surface area contributed by atoms with Crippen molar-refractivity contribution in [2.45, 2.75) is 116 Å². The number of esters is 1. The van der Waals surface area contributed by atoms with E-state index in [9.17, 15) is 27.2 Å². The van der Waals surface area contributed by atoms with Crippen LogP contribution in [0.3, 0.4) is 0 Å². The molecule has 4 nitrogen and oxygen atoms in total. The third kappa shape index (κ3) is 11.7. The lowest BCUT2D eigenvalue weighted by Crippen LogP contribution is -2.41. The van der Waals surface area contributed by atoms with Crippen molar-refractivity contribution in [2.24, 2.45) is 5.92 Å². The lowest BCUT2D eigenvalue weighted by molar-refractivity contribution is -0.150. The summed E-state index contributed by atoms with van der Waals surface area (Å²) < 4.78 is 58.3. The second-order valence-electron chi connectivity index (χ2n) is 10.5. The molecule has 1 aliphatic rings. The zero-order valence-corrected chi connectivity index (χ0v) is 22.9. The van der Waals surface area contributed by atoms with Gasteiger partial charge in [0.25, 0.3) is 5.91 Å². The van der Waals surface area contributed by atoms with E-state index in [1.165, 1.54) is 75.5 Å². The van der Waals surface area contributed by atoms with Gasteiger partial charge in [0, 0.05) is 13.1 Å². The lowest BCUT2D eigenvalue weighted by Gasteiger charge is -2.31. The molecule has 8 heteroatoms. The molecule has 0 N–H and O–H groups in total. The zero-order valence-electron chi connectivity index (χ0n) is 22.9. The van der Waals surface area contributed by atoms with Crippen LogP contribution in [0.1, 0.15) is 126 Å². The minimum atomic E-state index is -4.66. The number of ether oxygens (including phenoxy) is 1. The van der Waals surface area contributed by atoms with E-state index in [1.807, 2.05) is 0 Å². The van der Waals surface area contributed by atoms with Gasteiger partial charge in [0.1, 0.15) is 5.82 Å². The van der Waals surface area contributed by atoms with E-state index in [4.69, 9.17) is 4.74 Å². The number of rotatable bonds is 17. The molecule has 0 saturated carbocycles. The molecule has 0 aliphatic carbocycles. The zero-order chi connectivity index (χ0) is 27.8. The van der Waals surface area contributed by atoms with Crippen molar-refractivity contribution in [3.8, 4) is 0 Å². The van der Waals surface area contributed by atoms with Gasteiger partial charge in [-0.1, -0.05) is 90.4 Å². The maximum atomic E-state index is 14.1. The number of unbranched alkanes of at least 4 members (excludes halogenated alkanes) is 13. The molecule has 216 valence electrons. The Morgan fingerprint density at radius 1 is 0.842 bits per heavy atom. The molecule has 1 amide bonds. The summed E-state index contributed by atoms with van der Waals surface area (Å²) in [7, 11) is 0. The van der Waals surface area contributed by atoms with Crippen LogP contribution in [0.25, 0.3) is 0 Å². The minimum absolute atomic E-state index is 0.174. The Bertz CT molecular complexity index is 835. The smallest absolute Gasteiger partial charge is 0.416 e. The maximum Gasteiger partial charge on any atom is 0.416 e. The first-order chi connectivity index (χ1) is 18.2. The van der Waals surface area contributed by atoms with Gasteiger partial charge in [0.15, 0.2) is 0 Å². The standard InChI is InChI=1S/C30H45F4NO3/c1-2-3-4-5-6-7-8-9-10-11-12-13-14-15-22-38-29(37)24-18-20-35(21-19-24)28(36)26-23-25(30(32,33)34)16-17-27(26)31/h16-17,23-24H,2-15,18-22H2,1H3. The molecule has 1 heterocycles. The summed E-state index contributed by atoms with van der Waals surface area (Å²) in [4.78, 5) is 26.3. The Kier molecular flexibility index (Phi) is 14.8. The van der Waals surface area contributed by atoms with Gasteiger partial charge < -0.3 is 9.64 Å². The van der Waals surface area contributed by atoms with Crippen LogP contribution in [0.2, 0.25) is 0 Å². The van der Waals surface area contributed by atoms with Crippen LogP contribution in [0.4, 0.5) is 17.6 Å². The monoisotopic (exact) mass is 543 g/mol. The third-order valence-corrected chi connectivity index (χ3v) is 7.38. The van der Waals surface area contributed by atoms with Gasteiger partial charge in [-0.15, -0.1) is 0 Å². The molecule has 1 saturated heterocycles. The highest BCUT2D eigenvalue weighted by Gasteiger charge is 2.34. The van der Waals surface area contributed by atoms with Crippen LogP contribution < -0.4 is 0 Å². The Morgan fingerprint density at radius 2 is 1.34 bits per heavy atom. The predicted octanol–water partition coefficient (Wildman–Crippen LogP) is 8.72. The molecule has 1 fully saturated rings. The number of hydrogen-bond acceptors (Lipinski definition) is 3. The van der Waals surface area contributed by atoms with Crippen LogP contribution in [0.15, 0.2) is 18.2 Å². The number of nitrogens with zero attached hydrogens (tertiary/aromatic N) is 1. The summed E-state index contributed by atoms with van der Waals surface area (Å²) in [6, 6.07) is 1.83. The summed E-state index contributed by atoms with van der Waals surface area (Å²) in [6.45, 7) is 2.97. The fourth-order valence-electron chi connectivity index (χ4n) is 4.94. The molecule has 0 bridgehead atoms. The Balaban J connectivity index is 1.53. The molecule has 0 spiro atoms. The van der Waals surface area contributed by atoms with Crippen molar-refractivity contribution in [3.63, 3.8) is 0 Å². The number of piperidine rings is 1. The number of carbonyl (C=O) groups is 2. The van der Waals surface area contributed by atoms with Crippen molar-refractivity contribution in [1.29, 1.82) is 0 Å². The largest absolute Gasteiger partial charge is 0.465 e. The van der Waals surface area contributed by atoms with E-state index in [0.717, 1.165) is 19.3 Å². The third-order valence-electron chi connectivity index (χ3n) is 7.38. The molecule has 0 aromatic heterocycles. The second kappa shape index (κ2) is 17.5. The van der Waals surface area contributed by atoms with Crippen molar-refractivity contribution in [2.75, 3.05) is 19.7 Å². The molecule has 0 unspecified atom stereocenters. The highest BCUT2D eigenvalue weighted by Crippen LogP contribution is 2.31. The topological polar surface area (TPSA) is 46.6 Å². The Hall–Kier alpha value is -2.12. The molecular formula is C30H45F4NO3. The van der Waals surface area contributed by atoms with Gasteiger partial charge in [0.05, 0.1) is 23.7 Å². The van der Waals surface area contributed by atoms with E-state index < -0.39 is 29.0 Å². The molecule has 1 aromatic rings. The highest BCUT2D eigenvalue weighted by molar-refractivity contribution is 5.95. The van der Waals surface area contributed by atoms with Crippen LogP contribution in [-0.2, 0) is 15.7 Å². The highest BCUT2D eigenvalue weighted by atomic mass is 19.4. The fourth-order valence-corrected chi connectivity index (χ4v) is 4.94. The average molecular weight is 544 g/mol. The van der Waals surface area contributed by atoms with Crippen molar-refractivity contribution in [3.05, 3.63) is 35.1 Å². The summed E-state index contributed by atoms with van der Waals surface area (Å²) in [5.74, 6) is -2.42. The molecule has 38 heavy (non-hydrogen) atoms. The molecule has 1 aromatic carbocycles. The number of amides is 1.